The Morgan fingerprint density at radius 3 is 2.61 bits per heavy atom. The fourth-order valence-corrected chi connectivity index (χ4v) is 2.44. The maximum Gasteiger partial charge on any atom is 0.316 e. The van der Waals surface area contributed by atoms with Gasteiger partial charge in [-0.05, 0) is 30.4 Å². The lowest BCUT2D eigenvalue weighted by Gasteiger charge is -2.22. The normalized spacial score (nSPS) is 22.2. The summed E-state index contributed by atoms with van der Waals surface area (Å²) in [5.74, 6) is -1.01. The van der Waals surface area contributed by atoms with Crippen LogP contribution in [0.25, 0.3) is 0 Å². The van der Waals surface area contributed by atoms with Gasteiger partial charge in [-0.3, -0.25) is 20.2 Å². The first kappa shape index (κ1) is 11.0. The summed E-state index contributed by atoms with van der Waals surface area (Å²) in [6.07, 6.45) is 3.07. The number of hydrogen-bond donors (Lipinski definition) is 2. The smallest absolute Gasteiger partial charge is 0.288 e. The fraction of sp³-hybridized carbons (Fsp3) is 0.308. The van der Waals surface area contributed by atoms with Crippen molar-refractivity contribution < 1.29 is 9.59 Å². The molecule has 18 heavy (non-hydrogen) atoms. The number of benzene rings is 1. The van der Waals surface area contributed by atoms with Gasteiger partial charge in [0.2, 0.25) is 5.96 Å². The summed E-state index contributed by atoms with van der Waals surface area (Å²) < 4.78 is 0. The van der Waals surface area contributed by atoms with Gasteiger partial charge in [-0.1, -0.05) is 24.3 Å². The average Bonchev–Trinajstić information content (AvgIpc) is 2.69. The van der Waals surface area contributed by atoms with Crippen LogP contribution in [0, 0.1) is 0 Å². The van der Waals surface area contributed by atoms with E-state index in [2.05, 4.69) is 27.8 Å². The summed E-state index contributed by atoms with van der Waals surface area (Å²) in [5.41, 5.74) is 2.49. The van der Waals surface area contributed by atoms with Gasteiger partial charge in [-0.2, -0.15) is 0 Å². The van der Waals surface area contributed by atoms with Crippen molar-refractivity contribution in [3.05, 3.63) is 35.4 Å². The van der Waals surface area contributed by atoms with Crippen LogP contribution in [-0.2, 0) is 16.0 Å². The van der Waals surface area contributed by atoms with E-state index in [1.54, 1.807) is 0 Å². The Balaban J connectivity index is 1.89. The van der Waals surface area contributed by atoms with Crippen LogP contribution in [-0.4, -0.2) is 17.8 Å². The number of nitrogens with one attached hydrogen (secondary N) is 2. The van der Waals surface area contributed by atoms with Crippen LogP contribution in [0.5, 0.6) is 0 Å². The molecule has 1 heterocycles. The van der Waals surface area contributed by atoms with Crippen molar-refractivity contribution in [2.45, 2.75) is 25.3 Å². The molecular formula is C13H13N3O2. The van der Waals surface area contributed by atoms with Crippen molar-refractivity contribution in [3.63, 3.8) is 0 Å². The number of aliphatic imine (C=N–C) groups is 1. The second-order valence-corrected chi connectivity index (χ2v) is 4.49. The molecule has 5 heteroatoms. The Morgan fingerprint density at radius 1 is 1.11 bits per heavy atom. The summed E-state index contributed by atoms with van der Waals surface area (Å²) in [4.78, 5) is 26.6. The molecule has 1 unspecified atom stereocenters. The van der Waals surface area contributed by atoms with E-state index in [1.165, 1.54) is 11.1 Å². The van der Waals surface area contributed by atoms with E-state index in [0.29, 0.717) is 0 Å². The van der Waals surface area contributed by atoms with Crippen molar-refractivity contribution in [1.29, 1.82) is 0 Å². The van der Waals surface area contributed by atoms with E-state index in [4.69, 9.17) is 0 Å². The van der Waals surface area contributed by atoms with Crippen LogP contribution in [0.4, 0.5) is 0 Å². The van der Waals surface area contributed by atoms with E-state index < -0.39 is 11.8 Å². The number of amides is 2. The Bertz CT molecular complexity index is 533. The highest BCUT2D eigenvalue weighted by molar-refractivity contribution is 6.45. The standard InChI is InChI=1S/C13H13N3O2/c17-11-12(18)16-13(15-11)14-10-7-3-5-8-4-1-2-6-9(8)10/h1-2,4,6,10H,3,5,7H2,(H2,14,15,16,17,18). The molecule has 1 atom stereocenters. The van der Waals surface area contributed by atoms with Gasteiger partial charge >= 0.3 is 11.8 Å². The summed E-state index contributed by atoms with van der Waals surface area (Å²) in [6, 6.07) is 8.19. The minimum atomic E-state index is -0.641. The Kier molecular flexibility index (Phi) is 2.59. The Hall–Kier alpha value is -2.17. The predicted octanol–water partition coefficient (Wildman–Crippen LogP) is 0.666. The second-order valence-electron chi connectivity index (χ2n) is 4.49. The molecule has 92 valence electrons. The summed E-state index contributed by atoms with van der Waals surface area (Å²) in [5, 5.41) is 4.86. The van der Waals surface area contributed by atoms with Crippen LogP contribution in [0.15, 0.2) is 29.3 Å². The topological polar surface area (TPSA) is 70.6 Å². The molecule has 0 radical (unpaired) electrons. The molecule has 1 saturated heterocycles. The van der Waals surface area contributed by atoms with E-state index >= 15 is 0 Å². The third-order valence-electron chi connectivity index (χ3n) is 3.29. The molecule has 1 aromatic carbocycles. The SMILES string of the molecule is O=C1NC(=NC2CCCc3ccccc32)NC1=O. The van der Waals surface area contributed by atoms with Gasteiger partial charge in [0.25, 0.3) is 0 Å². The molecule has 2 aliphatic rings. The largest absolute Gasteiger partial charge is 0.316 e. The first-order valence-corrected chi connectivity index (χ1v) is 6.02. The lowest BCUT2D eigenvalue weighted by atomic mass is 9.88. The molecule has 0 saturated carbocycles. The number of fused-ring (bicyclic) bond motifs is 1. The zero-order chi connectivity index (χ0) is 12.5. The zero-order valence-corrected chi connectivity index (χ0v) is 9.77. The van der Waals surface area contributed by atoms with Crippen LogP contribution in [0.2, 0.25) is 0 Å². The molecule has 1 fully saturated rings. The molecule has 5 nitrogen and oxygen atoms in total. The highest BCUT2D eigenvalue weighted by Crippen LogP contribution is 2.32. The molecule has 1 aliphatic carbocycles. The van der Waals surface area contributed by atoms with Crippen LogP contribution < -0.4 is 10.6 Å². The molecule has 1 aromatic rings. The zero-order valence-electron chi connectivity index (χ0n) is 9.77. The van der Waals surface area contributed by atoms with Crippen molar-refractivity contribution >= 4 is 17.8 Å². The highest BCUT2D eigenvalue weighted by Gasteiger charge is 2.27. The monoisotopic (exact) mass is 243 g/mol. The highest BCUT2D eigenvalue weighted by atomic mass is 16.2. The number of carbonyl (C=O) groups excluding carboxylic acids is 2. The summed E-state index contributed by atoms with van der Waals surface area (Å²) in [7, 11) is 0. The fourth-order valence-electron chi connectivity index (χ4n) is 2.44. The minimum absolute atomic E-state index is 0.0173. The van der Waals surface area contributed by atoms with Gasteiger partial charge in [0.1, 0.15) is 0 Å². The maximum atomic E-state index is 11.1. The number of rotatable bonds is 1. The molecule has 0 aromatic heterocycles. The first-order valence-electron chi connectivity index (χ1n) is 6.02. The van der Waals surface area contributed by atoms with Gasteiger partial charge in [-0.25, -0.2) is 4.99 Å². The molecule has 0 bridgehead atoms. The Morgan fingerprint density at radius 2 is 1.83 bits per heavy atom. The van der Waals surface area contributed by atoms with E-state index in [-0.39, 0.29) is 12.0 Å². The molecular weight excluding hydrogens is 230 g/mol. The van der Waals surface area contributed by atoms with Crippen molar-refractivity contribution in [1.82, 2.24) is 10.6 Å². The summed E-state index contributed by atoms with van der Waals surface area (Å²) in [6.45, 7) is 0. The predicted molar refractivity (Wildman–Crippen MR) is 65.8 cm³/mol. The molecule has 1 aliphatic heterocycles. The number of aryl methyl sites for hydroxylation is 1. The maximum absolute atomic E-state index is 11.1. The van der Waals surface area contributed by atoms with E-state index in [0.717, 1.165) is 19.3 Å². The lowest BCUT2D eigenvalue weighted by Crippen LogP contribution is -2.27. The lowest BCUT2D eigenvalue weighted by molar-refractivity contribution is -0.135. The van der Waals surface area contributed by atoms with Crippen molar-refractivity contribution in [2.24, 2.45) is 4.99 Å². The minimum Gasteiger partial charge on any atom is -0.288 e. The Labute approximate surface area is 104 Å². The second kappa shape index (κ2) is 4.25. The van der Waals surface area contributed by atoms with E-state index in [1.807, 2.05) is 12.1 Å². The molecule has 2 N–H and O–H groups in total. The average molecular weight is 243 g/mol. The quantitative estimate of drug-likeness (QED) is 0.711. The van der Waals surface area contributed by atoms with Crippen LogP contribution in [0.3, 0.4) is 0 Å². The van der Waals surface area contributed by atoms with Crippen molar-refractivity contribution in [2.75, 3.05) is 0 Å². The number of guanidine groups is 1. The van der Waals surface area contributed by atoms with Crippen molar-refractivity contribution in [3.8, 4) is 0 Å². The summed E-state index contributed by atoms with van der Waals surface area (Å²) >= 11 is 0. The van der Waals surface area contributed by atoms with Gasteiger partial charge in [0, 0.05) is 0 Å². The van der Waals surface area contributed by atoms with Gasteiger partial charge in [0.05, 0.1) is 6.04 Å². The van der Waals surface area contributed by atoms with Crippen LogP contribution >= 0.6 is 0 Å². The number of nitrogens with zero attached hydrogens (tertiary/aromatic N) is 1. The van der Waals surface area contributed by atoms with E-state index in [9.17, 15) is 9.59 Å². The number of hydrogen-bond acceptors (Lipinski definition) is 3. The first-order chi connectivity index (χ1) is 8.74. The third kappa shape index (κ3) is 1.88. The molecule has 2 amide bonds. The van der Waals surface area contributed by atoms with Gasteiger partial charge in [-0.15, -0.1) is 0 Å². The van der Waals surface area contributed by atoms with Gasteiger partial charge in [0.15, 0.2) is 0 Å². The van der Waals surface area contributed by atoms with Crippen LogP contribution in [0.1, 0.15) is 30.0 Å². The molecule has 3 rings (SSSR count). The number of carbonyl (C=O) groups is 2. The molecule has 0 spiro atoms. The van der Waals surface area contributed by atoms with Gasteiger partial charge < -0.3 is 0 Å². The third-order valence-corrected chi connectivity index (χ3v) is 3.29.